The number of likely N-dealkylation sites (tertiary alicyclic amines) is 1. The number of carbonyl (C=O) groups excluding carboxylic acids is 1. The molecule has 23 heavy (non-hydrogen) atoms. The quantitative estimate of drug-likeness (QED) is 0.609. The summed E-state index contributed by atoms with van der Waals surface area (Å²) in [6.07, 6.45) is 8.47. The number of rotatable bonds is 6. The number of nitrogens with two attached hydrogens (primary N) is 1. The number of allylic oxidation sites excluding steroid dienone is 2. The molecule has 2 saturated heterocycles. The summed E-state index contributed by atoms with van der Waals surface area (Å²) in [4.78, 5) is 14.4. The third-order valence-electron chi connectivity index (χ3n) is 4.44. The zero-order chi connectivity index (χ0) is 16.7. The molecule has 4 N–H and O–H groups in total. The molecule has 2 aliphatic heterocycles. The van der Waals surface area contributed by atoms with Crippen LogP contribution in [-0.4, -0.2) is 49.6 Å². The van der Waals surface area contributed by atoms with Crippen LogP contribution < -0.4 is 16.4 Å². The van der Waals surface area contributed by atoms with E-state index in [1.54, 1.807) is 0 Å². The van der Waals surface area contributed by atoms with Crippen LogP contribution in [0.25, 0.3) is 0 Å². The fraction of sp³-hybridized carbons (Fsp3) is 0.706. The third kappa shape index (κ3) is 6.28. The lowest BCUT2D eigenvalue weighted by molar-refractivity contribution is -0.134. The molecule has 0 spiro atoms. The number of halogens is 1. The second kappa shape index (κ2) is 9.45. The van der Waals surface area contributed by atoms with Gasteiger partial charge in [-0.15, -0.1) is 0 Å². The summed E-state index contributed by atoms with van der Waals surface area (Å²) >= 11 is 3.52. The second-order valence-corrected chi connectivity index (χ2v) is 7.43. The first-order chi connectivity index (χ1) is 11.1. The van der Waals surface area contributed by atoms with E-state index in [9.17, 15) is 4.79 Å². The van der Waals surface area contributed by atoms with Gasteiger partial charge in [0.05, 0.1) is 5.92 Å². The molecule has 2 atom stereocenters. The van der Waals surface area contributed by atoms with Crippen LogP contribution in [0.1, 0.15) is 32.6 Å². The van der Waals surface area contributed by atoms with Gasteiger partial charge in [-0.05, 0) is 38.3 Å². The Bertz CT molecular complexity index is 452. The van der Waals surface area contributed by atoms with E-state index in [2.05, 4.69) is 26.6 Å². The van der Waals surface area contributed by atoms with Crippen LogP contribution in [0.5, 0.6) is 0 Å². The van der Waals surface area contributed by atoms with E-state index in [1.807, 2.05) is 24.0 Å². The summed E-state index contributed by atoms with van der Waals surface area (Å²) in [6, 6.07) is 0.504. The van der Waals surface area contributed by atoms with Crippen LogP contribution in [0.4, 0.5) is 0 Å². The highest BCUT2D eigenvalue weighted by Gasteiger charge is 2.20. The highest BCUT2D eigenvalue weighted by molar-refractivity contribution is 9.11. The van der Waals surface area contributed by atoms with Gasteiger partial charge in [-0.1, -0.05) is 28.9 Å². The van der Waals surface area contributed by atoms with Crippen LogP contribution in [0.2, 0.25) is 0 Å². The first-order valence-electron chi connectivity index (χ1n) is 8.62. The number of nitrogens with one attached hydrogen (secondary N) is 2. The SMILES string of the molecule is C[C@@H](/C=C(Br)\C=C(\N)CN[C@@H]1CCNC1)C(=O)N1CCCCC1. The number of amides is 1. The summed E-state index contributed by atoms with van der Waals surface area (Å²) in [6.45, 7) is 6.49. The fourth-order valence-electron chi connectivity index (χ4n) is 3.08. The molecule has 0 aromatic heterocycles. The van der Waals surface area contributed by atoms with Crippen molar-refractivity contribution in [2.45, 2.75) is 38.6 Å². The van der Waals surface area contributed by atoms with Crippen LogP contribution in [0.15, 0.2) is 22.3 Å². The van der Waals surface area contributed by atoms with E-state index in [0.29, 0.717) is 12.6 Å². The van der Waals surface area contributed by atoms with E-state index >= 15 is 0 Å². The normalized spacial score (nSPS) is 24.8. The number of hydrogen-bond acceptors (Lipinski definition) is 4. The summed E-state index contributed by atoms with van der Waals surface area (Å²) in [5.41, 5.74) is 6.83. The van der Waals surface area contributed by atoms with Crippen molar-refractivity contribution in [2.75, 3.05) is 32.7 Å². The van der Waals surface area contributed by atoms with Crippen LogP contribution in [0, 0.1) is 5.92 Å². The Balaban J connectivity index is 1.81. The van der Waals surface area contributed by atoms with Crippen LogP contribution in [0.3, 0.4) is 0 Å². The maximum atomic E-state index is 12.4. The Morgan fingerprint density at radius 3 is 2.83 bits per heavy atom. The average Bonchev–Trinajstić information content (AvgIpc) is 3.06. The maximum absolute atomic E-state index is 12.4. The van der Waals surface area contributed by atoms with E-state index in [-0.39, 0.29) is 11.8 Å². The molecule has 130 valence electrons. The minimum absolute atomic E-state index is 0.126. The first-order valence-corrected chi connectivity index (χ1v) is 9.42. The molecule has 1 amide bonds. The Labute approximate surface area is 147 Å². The molecule has 6 heteroatoms. The van der Waals surface area contributed by atoms with E-state index < -0.39 is 0 Å². The smallest absolute Gasteiger partial charge is 0.229 e. The van der Waals surface area contributed by atoms with Crippen molar-refractivity contribution in [2.24, 2.45) is 11.7 Å². The van der Waals surface area contributed by atoms with Gasteiger partial charge in [0.2, 0.25) is 5.91 Å². The molecule has 2 aliphatic rings. The zero-order valence-electron chi connectivity index (χ0n) is 14.0. The second-order valence-electron chi connectivity index (χ2n) is 6.52. The molecule has 5 nitrogen and oxygen atoms in total. The lowest BCUT2D eigenvalue weighted by atomic mass is 10.1. The van der Waals surface area contributed by atoms with Gasteiger partial charge in [-0.2, -0.15) is 0 Å². The van der Waals surface area contributed by atoms with Crippen molar-refractivity contribution >= 4 is 21.8 Å². The van der Waals surface area contributed by atoms with Gasteiger partial charge in [0, 0.05) is 42.4 Å². The number of nitrogens with zero attached hydrogens (tertiary/aromatic N) is 1. The highest BCUT2D eigenvalue weighted by atomic mass is 79.9. The maximum Gasteiger partial charge on any atom is 0.229 e. The van der Waals surface area contributed by atoms with Gasteiger partial charge in [0.25, 0.3) is 0 Å². The first kappa shape index (κ1) is 18.5. The Hall–Kier alpha value is -0.850. The molecule has 0 bridgehead atoms. The Morgan fingerprint density at radius 1 is 1.43 bits per heavy atom. The minimum atomic E-state index is -0.126. The van der Waals surface area contributed by atoms with Gasteiger partial charge in [0.15, 0.2) is 0 Å². The molecule has 2 fully saturated rings. The zero-order valence-corrected chi connectivity index (χ0v) is 15.6. The summed E-state index contributed by atoms with van der Waals surface area (Å²) in [5, 5.41) is 6.76. The molecule has 0 unspecified atom stereocenters. The Morgan fingerprint density at radius 2 is 2.17 bits per heavy atom. The predicted octanol–water partition coefficient (Wildman–Crippen LogP) is 1.71. The molecule has 0 radical (unpaired) electrons. The van der Waals surface area contributed by atoms with Gasteiger partial charge in [0.1, 0.15) is 0 Å². The molecule has 0 aromatic carbocycles. The molecular formula is C17H29BrN4O. The standard InChI is InChI=1S/C17H29BrN4O/c1-13(17(23)22-7-3-2-4-8-22)9-14(18)10-15(19)11-21-16-5-6-20-12-16/h9-10,13,16,20-21H,2-8,11-12,19H2,1H3/b14-9+,15-10+/t13-,16+/m0/s1. The van der Waals surface area contributed by atoms with Crippen molar-refractivity contribution in [1.29, 1.82) is 0 Å². The minimum Gasteiger partial charge on any atom is -0.401 e. The van der Waals surface area contributed by atoms with Crippen LogP contribution >= 0.6 is 15.9 Å². The number of piperidine rings is 1. The summed E-state index contributed by atoms with van der Waals surface area (Å²) < 4.78 is 0.874. The summed E-state index contributed by atoms with van der Waals surface area (Å²) in [5.74, 6) is 0.0855. The van der Waals surface area contributed by atoms with E-state index in [0.717, 1.165) is 55.6 Å². The highest BCUT2D eigenvalue weighted by Crippen LogP contribution is 2.17. The molecule has 0 aliphatic carbocycles. The largest absolute Gasteiger partial charge is 0.401 e. The van der Waals surface area contributed by atoms with Gasteiger partial charge >= 0.3 is 0 Å². The van der Waals surface area contributed by atoms with Gasteiger partial charge in [-0.3, -0.25) is 4.79 Å². The van der Waals surface area contributed by atoms with Crippen LogP contribution in [-0.2, 0) is 4.79 Å². The number of hydrogen-bond donors (Lipinski definition) is 3. The average molecular weight is 385 g/mol. The molecule has 2 heterocycles. The van der Waals surface area contributed by atoms with Gasteiger partial charge < -0.3 is 21.3 Å². The summed E-state index contributed by atoms with van der Waals surface area (Å²) in [7, 11) is 0. The molecule has 2 rings (SSSR count). The lowest BCUT2D eigenvalue weighted by Gasteiger charge is -2.28. The van der Waals surface area contributed by atoms with E-state index in [1.165, 1.54) is 6.42 Å². The third-order valence-corrected chi connectivity index (χ3v) is 4.94. The molecule has 0 saturated carbocycles. The van der Waals surface area contributed by atoms with Gasteiger partial charge in [-0.25, -0.2) is 0 Å². The monoisotopic (exact) mass is 384 g/mol. The number of carbonyl (C=O) groups is 1. The topological polar surface area (TPSA) is 70.4 Å². The molecular weight excluding hydrogens is 356 g/mol. The van der Waals surface area contributed by atoms with Crippen molar-refractivity contribution in [3.8, 4) is 0 Å². The predicted molar refractivity (Wildman–Crippen MR) is 98.2 cm³/mol. The molecule has 0 aromatic rings. The Kier molecular flexibility index (Phi) is 7.59. The van der Waals surface area contributed by atoms with Crippen molar-refractivity contribution in [1.82, 2.24) is 15.5 Å². The van der Waals surface area contributed by atoms with Crippen molar-refractivity contribution < 1.29 is 4.79 Å². The fourth-order valence-corrected chi connectivity index (χ4v) is 3.77. The van der Waals surface area contributed by atoms with Crippen molar-refractivity contribution in [3.63, 3.8) is 0 Å². The van der Waals surface area contributed by atoms with Crippen molar-refractivity contribution in [3.05, 3.63) is 22.3 Å². The lowest BCUT2D eigenvalue weighted by Crippen LogP contribution is -2.38. The van der Waals surface area contributed by atoms with E-state index in [4.69, 9.17) is 5.73 Å².